The van der Waals surface area contributed by atoms with Crippen molar-refractivity contribution in [2.45, 2.75) is 40.0 Å². The average Bonchev–Trinajstić information content (AvgIpc) is 2.46. The number of rotatable bonds is 1. The molecule has 2 bridgehead atoms. The van der Waals surface area contributed by atoms with Gasteiger partial charge in [-0.1, -0.05) is 20.8 Å². The monoisotopic (exact) mass is 225 g/mol. The Morgan fingerprint density at radius 3 is 2.60 bits per heavy atom. The summed E-state index contributed by atoms with van der Waals surface area (Å²) in [5.41, 5.74) is 9.97. The van der Waals surface area contributed by atoms with Gasteiger partial charge >= 0.3 is 0 Å². The van der Waals surface area contributed by atoms with Gasteiger partial charge in [-0.05, 0) is 42.8 Å². The lowest BCUT2D eigenvalue weighted by Gasteiger charge is -2.34. The molecule has 0 aromatic heterocycles. The molecule has 0 heterocycles. The number of fused-ring (bicyclic) bond motifs is 2. The lowest BCUT2D eigenvalue weighted by molar-refractivity contribution is 0.193. The van der Waals surface area contributed by atoms with E-state index in [2.05, 4.69) is 31.3 Å². The molecule has 2 atom stereocenters. The molecule has 84 valence electrons. The Morgan fingerprint density at radius 1 is 1.53 bits per heavy atom. The van der Waals surface area contributed by atoms with Crippen LogP contribution in [0.2, 0.25) is 0 Å². The summed E-state index contributed by atoms with van der Waals surface area (Å²) in [5.74, 6) is 0.773. The molecule has 4 heteroatoms. The number of hydrogen-bond acceptors (Lipinski definition) is 2. The van der Waals surface area contributed by atoms with Crippen molar-refractivity contribution in [2.24, 2.45) is 27.6 Å². The second kappa shape index (κ2) is 3.17. The van der Waals surface area contributed by atoms with Gasteiger partial charge in [0.1, 0.15) is 0 Å². The molecule has 3 N–H and O–H groups in total. The van der Waals surface area contributed by atoms with Crippen molar-refractivity contribution in [1.29, 1.82) is 0 Å². The molecule has 0 aromatic rings. The maximum absolute atomic E-state index is 5.39. The van der Waals surface area contributed by atoms with Crippen LogP contribution in [0.25, 0.3) is 0 Å². The molecule has 0 aliphatic heterocycles. The van der Waals surface area contributed by atoms with E-state index in [1.54, 1.807) is 0 Å². The molecule has 2 rings (SSSR count). The van der Waals surface area contributed by atoms with E-state index in [4.69, 9.17) is 18.0 Å². The molecule has 0 unspecified atom stereocenters. The van der Waals surface area contributed by atoms with Crippen LogP contribution in [0.3, 0.4) is 0 Å². The lowest BCUT2D eigenvalue weighted by atomic mass is 9.70. The van der Waals surface area contributed by atoms with Crippen LogP contribution >= 0.6 is 12.2 Å². The summed E-state index contributed by atoms with van der Waals surface area (Å²) in [6, 6.07) is 0. The number of nitrogens with zero attached hydrogens (tertiary/aromatic N) is 1. The molecule has 3 nitrogen and oxygen atoms in total. The Bertz CT molecular complexity index is 335. The first kappa shape index (κ1) is 10.9. The Morgan fingerprint density at radius 2 is 2.20 bits per heavy atom. The Labute approximate surface area is 96.5 Å². The van der Waals surface area contributed by atoms with E-state index in [1.165, 1.54) is 18.6 Å². The van der Waals surface area contributed by atoms with E-state index in [0.29, 0.717) is 5.41 Å². The fourth-order valence-corrected chi connectivity index (χ4v) is 3.27. The van der Waals surface area contributed by atoms with Crippen molar-refractivity contribution >= 4 is 23.0 Å². The minimum Gasteiger partial charge on any atom is -0.375 e. The fraction of sp³-hybridized carbons (Fsp3) is 0.818. The van der Waals surface area contributed by atoms with Gasteiger partial charge in [-0.2, -0.15) is 5.10 Å². The fourth-order valence-electron chi connectivity index (χ4n) is 3.22. The van der Waals surface area contributed by atoms with Crippen LogP contribution in [-0.2, 0) is 0 Å². The van der Waals surface area contributed by atoms with Crippen molar-refractivity contribution < 1.29 is 0 Å². The molecule has 2 aliphatic carbocycles. The number of hydrogen-bond donors (Lipinski definition) is 2. The summed E-state index contributed by atoms with van der Waals surface area (Å²) in [6.45, 7) is 7.03. The summed E-state index contributed by atoms with van der Waals surface area (Å²) < 4.78 is 0. The molecule has 0 saturated heterocycles. The second-order valence-corrected chi connectivity index (χ2v) is 5.97. The third-order valence-electron chi connectivity index (χ3n) is 4.81. The molecule has 0 radical (unpaired) electrons. The van der Waals surface area contributed by atoms with Gasteiger partial charge in [-0.15, -0.1) is 0 Å². The highest BCUT2D eigenvalue weighted by molar-refractivity contribution is 7.80. The number of nitrogens with two attached hydrogens (primary N) is 1. The van der Waals surface area contributed by atoms with Crippen LogP contribution < -0.4 is 11.2 Å². The van der Waals surface area contributed by atoms with Gasteiger partial charge in [0.2, 0.25) is 0 Å². The van der Waals surface area contributed by atoms with E-state index in [1.807, 2.05) is 0 Å². The molecule has 15 heavy (non-hydrogen) atoms. The van der Waals surface area contributed by atoms with E-state index >= 15 is 0 Å². The number of nitrogens with one attached hydrogen (secondary N) is 1. The highest BCUT2D eigenvalue weighted by atomic mass is 32.1. The predicted molar refractivity (Wildman–Crippen MR) is 66.6 cm³/mol. The third-order valence-corrected chi connectivity index (χ3v) is 4.90. The van der Waals surface area contributed by atoms with Gasteiger partial charge in [0.15, 0.2) is 5.11 Å². The lowest BCUT2D eigenvalue weighted by Crippen LogP contribution is -2.35. The van der Waals surface area contributed by atoms with Gasteiger partial charge in [0.25, 0.3) is 0 Å². The van der Waals surface area contributed by atoms with Crippen molar-refractivity contribution in [3.8, 4) is 0 Å². The molecule has 2 aliphatic rings. The van der Waals surface area contributed by atoms with Crippen molar-refractivity contribution in [1.82, 2.24) is 5.43 Å². The van der Waals surface area contributed by atoms with Gasteiger partial charge < -0.3 is 5.73 Å². The Balaban J connectivity index is 2.26. The smallest absolute Gasteiger partial charge is 0.184 e. The minimum absolute atomic E-state index is 0.232. The van der Waals surface area contributed by atoms with Gasteiger partial charge in [0.05, 0.1) is 0 Å². The van der Waals surface area contributed by atoms with E-state index in [0.717, 1.165) is 12.3 Å². The van der Waals surface area contributed by atoms with Crippen LogP contribution in [-0.4, -0.2) is 10.8 Å². The van der Waals surface area contributed by atoms with E-state index < -0.39 is 0 Å². The first-order chi connectivity index (χ1) is 6.88. The van der Waals surface area contributed by atoms with Crippen LogP contribution in [0, 0.1) is 16.7 Å². The summed E-state index contributed by atoms with van der Waals surface area (Å²) in [6.07, 6.45) is 3.66. The highest BCUT2D eigenvalue weighted by Gasteiger charge is 2.59. The zero-order valence-corrected chi connectivity index (χ0v) is 10.4. The molecule has 2 saturated carbocycles. The van der Waals surface area contributed by atoms with Crippen LogP contribution in [0.4, 0.5) is 0 Å². The SMILES string of the molecule is CC1(C)[C@H]2CC[C@]1(C)/C(=N\NC(N)=S)C2. The molecular weight excluding hydrogens is 206 g/mol. The van der Waals surface area contributed by atoms with E-state index in [9.17, 15) is 0 Å². The van der Waals surface area contributed by atoms with Crippen molar-refractivity contribution in [3.63, 3.8) is 0 Å². The normalized spacial score (nSPS) is 39.7. The van der Waals surface area contributed by atoms with E-state index in [-0.39, 0.29) is 10.5 Å². The summed E-state index contributed by atoms with van der Waals surface area (Å²) in [4.78, 5) is 0. The third kappa shape index (κ3) is 1.38. The second-order valence-electron chi connectivity index (χ2n) is 5.53. The predicted octanol–water partition coefficient (Wildman–Crippen LogP) is 2.02. The van der Waals surface area contributed by atoms with Crippen LogP contribution in [0.15, 0.2) is 5.10 Å². The van der Waals surface area contributed by atoms with Gasteiger partial charge in [0, 0.05) is 11.1 Å². The first-order valence-electron chi connectivity index (χ1n) is 5.50. The Kier molecular flexibility index (Phi) is 2.30. The zero-order valence-electron chi connectivity index (χ0n) is 9.63. The molecule has 0 aromatic carbocycles. The Hall–Kier alpha value is -0.640. The van der Waals surface area contributed by atoms with Crippen LogP contribution in [0.1, 0.15) is 40.0 Å². The zero-order chi connectivity index (χ0) is 11.3. The summed E-state index contributed by atoms with van der Waals surface area (Å²) in [7, 11) is 0. The first-order valence-corrected chi connectivity index (χ1v) is 5.91. The van der Waals surface area contributed by atoms with Gasteiger partial charge in [-0.3, -0.25) is 5.43 Å². The molecule has 2 fully saturated rings. The largest absolute Gasteiger partial charge is 0.375 e. The molecule has 0 amide bonds. The van der Waals surface area contributed by atoms with Crippen LogP contribution in [0.5, 0.6) is 0 Å². The summed E-state index contributed by atoms with van der Waals surface area (Å²) in [5, 5.41) is 4.63. The molecular formula is C11H19N3S. The maximum Gasteiger partial charge on any atom is 0.184 e. The quantitative estimate of drug-likeness (QED) is 0.530. The highest BCUT2D eigenvalue weighted by Crippen LogP contribution is 2.63. The maximum atomic E-state index is 5.39. The van der Waals surface area contributed by atoms with Crippen molar-refractivity contribution in [3.05, 3.63) is 0 Å². The summed E-state index contributed by atoms with van der Waals surface area (Å²) >= 11 is 4.77. The standard InChI is InChI=1S/C11H19N3S/c1-10(2)7-4-5-11(10,3)8(6-7)13-14-9(12)15/h7H,4-6H2,1-3H3,(H3,12,14,15)/b13-8-/t7-,11+/m0/s1. The number of thiocarbonyl (C=S) groups is 1. The number of hydrazone groups is 1. The topological polar surface area (TPSA) is 50.4 Å². The molecule has 0 spiro atoms. The minimum atomic E-state index is 0.232. The average molecular weight is 225 g/mol. The van der Waals surface area contributed by atoms with Gasteiger partial charge in [-0.25, -0.2) is 0 Å². The van der Waals surface area contributed by atoms with Crippen molar-refractivity contribution in [2.75, 3.05) is 0 Å².